The van der Waals surface area contributed by atoms with Crippen molar-refractivity contribution in [1.29, 1.82) is 0 Å². The number of nitrogens with zero attached hydrogens (tertiary/aromatic N) is 5. The van der Waals surface area contributed by atoms with Crippen molar-refractivity contribution in [2.45, 2.75) is 0 Å². The van der Waals surface area contributed by atoms with Gasteiger partial charge in [-0.05, 0) is 71.8 Å². The summed E-state index contributed by atoms with van der Waals surface area (Å²) >= 11 is 0. The Labute approximate surface area is 315 Å². The molecule has 0 spiro atoms. The van der Waals surface area contributed by atoms with Crippen molar-refractivity contribution in [3.05, 3.63) is 188 Å². The molecule has 55 heavy (non-hydrogen) atoms. The van der Waals surface area contributed by atoms with Gasteiger partial charge in [0.1, 0.15) is 11.2 Å². The van der Waals surface area contributed by atoms with Gasteiger partial charge in [-0.15, -0.1) is 0 Å². The average Bonchev–Trinajstić information content (AvgIpc) is 3.92. The van der Waals surface area contributed by atoms with Crippen LogP contribution in [0.15, 0.2) is 188 Å². The lowest BCUT2D eigenvalue weighted by molar-refractivity contribution is 1.13. The van der Waals surface area contributed by atoms with Crippen molar-refractivity contribution < 1.29 is 0 Å². The molecule has 5 nitrogen and oxygen atoms in total. The Balaban J connectivity index is 1.10. The topological polar surface area (TPSA) is 40.0 Å². The monoisotopic (exact) mass is 701 g/mol. The van der Waals surface area contributed by atoms with E-state index in [1.165, 1.54) is 43.6 Å². The maximum Gasteiger partial charge on any atom is 0.137 e. The molecular formula is C50H31N5. The Kier molecular flexibility index (Phi) is 6.27. The fourth-order valence-corrected chi connectivity index (χ4v) is 8.80. The van der Waals surface area contributed by atoms with E-state index in [0.29, 0.717) is 0 Å². The fourth-order valence-electron chi connectivity index (χ4n) is 8.80. The van der Waals surface area contributed by atoms with E-state index < -0.39 is 0 Å². The molecule has 12 aromatic rings. The molecule has 0 aliphatic heterocycles. The second-order valence-electron chi connectivity index (χ2n) is 14.3. The van der Waals surface area contributed by atoms with Crippen molar-refractivity contribution in [2.75, 3.05) is 0 Å². The van der Waals surface area contributed by atoms with Crippen molar-refractivity contribution in [3.8, 4) is 33.8 Å². The van der Waals surface area contributed by atoms with Crippen LogP contribution < -0.4 is 0 Å². The van der Waals surface area contributed by atoms with Crippen LogP contribution in [0.2, 0.25) is 0 Å². The van der Waals surface area contributed by atoms with Gasteiger partial charge in [0.15, 0.2) is 0 Å². The van der Waals surface area contributed by atoms with E-state index in [1.807, 2.05) is 12.1 Å². The number of para-hydroxylation sites is 5. The van der Waals surface area contributed by atoms with Gasteiger partial charge in [-0.25, -0.2) is 9.97 Å². The zero-order valence-electron chi connectivity index (χ0n) is 29.6. The molecule has 0 radical (unpaired) electrons. The minimum absolute atomic E-state index is 0.910. The average molecular weight is 702 g/mol. The lowest BCUT2D eigenvalue weighted by Gasteiger charge is -2.16. The highest BCUT2D eigenvalue weighted by atomic mass is 15.0. The summed E-state index contributed by atoms with van der Waals surface area (Å²) in [4.78, 5) is 10.3. The maximum atomic E-state index is 5.24. The molecule has 5 heterocycles. The fraction of sp³-hybridized carbons (Fsp3) is 0. The number of imidazole rings is 1. The zero-order valence-corrected chi connectivity index (χ0v) is 29.6. The Morgan fingerprint density at radius 3 is 1.40 bits per heavy atom. The molecular weight excluding hydrogens is 671 g/mol. The van der Waals surface area contributed by atoms with Gasteiger partial charge in [0.05, 0.1) is 38.8 Å². The Hall–Kier alpha value is -7.50. The normalized spacial score (nSPS) is 12.0. The standard InChI is InChI=1S/C50H31N5/c1-6-18-42-41(17-1)49-50(53-28-12-11-23-47(53)52-49)48(51-42)33-26-24-32(25-27-33)34-29-35(54-43-19-7-2-13-37(43)38-14-3-8-20-44(38)54)31-36(30-34)55-45-21-9-4-15-39(45)40-16-5-10-22-46(40)55/h1-31H. The third-order valence-electron chi connectivity index (χ3n) is 11.2. The number of rotatable bonds is 4. The van der Waals surface area contributed by atoms with Gasteiger partial charge in [0, 0.05) is 50.1 Å². The van der Waals surface area contributed by atoms with Crippen LogP contribution in [0.25, 0.3) is 105 Å². The molecule has 0 saturated carbocycles. The highest BCUT2D eigenvalue weighted by Crippen LogP contribution is 2.39. The van der Waals surface area contributed by atoms with Crippen molar-refractivity contribution in [3.63, 3.8) is 0 Å². The summed E-state index contributed by atoms with van der Waals surface area (Å²) in [6.07, 6.45) is 2.08. The van der Waals surface area contributed by atoms with Gasteiger partial charge < -0.3 is 9.13 Å². The molecule has 0 N–H and O–H groups in total. The SMILES string of the molecule is c1ccc2c(c1)nc(-c1ccc(-c3cc(-n4c5ccccc5c5ccccc54)cc(-n4c5ccccc5c5ccccc54)c3)cc1)c1c2nc2ccccn21. The lowest BCUT2D eigenvalue weighted by Crippen LogP contribution is -2.00. The third-order valence-corrected chi connectivity index (χ3v) is 11.2. The second kappa shape index (κ2) is 11.5. The molecule has 7 aromatic carbocycles. The van der Waals surface area contributed by atoms with Gasteiger partial charge in [-0.3, -0.25) is 4.40 Å². The summed E-state index contributed by atoms with van der Waals surface area (Å²) in [6, 6.07) is 65.2. The van der Waals surface area contributed by atoms with E-state index in [2.05, 4.69) is 190 Å². The number of fused-ring (bicyclic) bond motifs is 11. The van der Waals surface area contributed by atoms with Crippen LogP contribution in [0, 0.1) is 0 Å². The molecule has 0 saturated heterocycles. The molecule has 0 bridgehead atoms. The van der Waals surface area contributed by atoms with E-state index in [-0.39, 0.29) is 0 Å². The van der Waals surface area contributed by atoms with Crippen molar-refractivity contribution in [1.82, 2.24) is 23.5 Å². The van der Waals surface area contributed by atoms with E-state index in [4.69, 9.17) is 9.97 Å². The maximum absolute atomic E-state index is 5.24. The van der Waals surface area contributed by atoms with E-state index in [0.717, 1.165) is 61.3 Å². The van der Waals surface area contributed by atoms with Crippen LogP contribution in [0.4, 0.5) is 0 Å². The van der Waals surface area contributed by atoms with Crippen molar-refractivity contribution >= 4 is 71.2 Å². The molecule has 0 atom stereocenters. The van der Waals surface area contributed by atoms with Gasteiger partial charge in [0.2, 0.25) is 0 Å². The van der Waals surface area contributed by atoms with E-state index >= 15 is 0 Å². The smallest absolute Gasteiger partial charge is 0.137 e. The predicted octanol–water partition coefficient (Wildman–Crippen LogP) is 12.6. The summed E-state index contributed by atoms with van der Waals surface area (Å²) in [6.45, 7) is 0. The molecule has 0 amide bonds. The van der Waals surface area contributed by atoms with Crippen LogP contribution in [0.5, 0.6) is 0 Å². The Morgan fingerprint density at radius 2 is 0.836 bits per heavy atom. The first-order valence-corrected chi connectivity index (χ1v) is 18.7. The predicted molar refractivity (Wildman–Crippen MR) is 228 cm³/mol. The summed E-state index contributed by atoms with van der Waals surface area (Å²) in [5.41, 5.74) is 15.0. The number of aromatic nitrogens is 5. The first kappa shape index (κ1) is 30.0. The number of pyridine rings is 2. The van der Waals surface area contributed by atoms with Crippen LogP contribution in [-0.2, 0) is 0 Å². The summed E-state index contributed by atoms with van der Waals surface area (Å²) < 4.78 is 6.99. The summed E-state index contributed by atoms with van der Waals surface area (Å²) in [5, 5.41) is 6.03. The van der Waals surface area contributed by atoms with Gasteiger partial charge >= 0.3 is 0 Å². The van der Waals surface area contributed by atoms with Crippen molar-refractivity contribution in [2.24, 2.45) is 0 Å². The molecule has 12 rings (SSSR count). The van der Waals surface area contributed by atoms with Gasteiger partial charge in [0.25, 0.3) is 0 Å². The van der Waals surface area contributed by atoms with Crippen LogP contribution in [0.3, 0.4) is 0 Å². The zero-order chi connectivity index (χ0) is 36.0. The van der Waals surface area contributed by atoms with Gasteiger partial charge in [-0.1, -0.05) is 121 Å². The molecule has 0 unspecified atom stereocenters. The lowest BCUT2D eigenvalue weighted by atomic mass is 10.00. The molecule has 0 fully saturated rings. The van der Waals surface area contributed by atoms with Crippen LogP contribution in [0.1, 0.15) is 0 Å². The molecule has 0 aliphatic carbocycles. The summed E-state index contributed by atoms with van der Waals surface area (Å²) in [5.74, 6) is 0. The van der Waals surface area contributed by atoms with Gasteiger partial charge in [-0.2, -0.15) is 0 Å². The number of benzene rings is 7. The quantitative estimate of drug-likeness (QED) is 0.183. The minimum atomic E-state index is 0.910. The highest BCUT2D eigenvalue weighted by molar-refractivity contribution is 6.11. The van der Waals surface area contributed by atoms with E-state index in [1.54, 1.807) is 0 Å². The Morgan fingerprint density at radius 1 is 0.364 bits per heavy atom. The molecule has 0 aliphatic rings. The first-order chi connectivity index (χ1) is 27.3. The van der Waals surface area contributed by atoms with Crippen LogP contribution >= 0.6 is 0 Å². The molecule has 5 heteroatoms. The van der Waals surface area contributed by atoms with E-state index in [9.17, 15) is 0 Å². The third kappa shape index (κ3) is 4.41. The minimum Gasteiger partial charge on any atom is -0.309 e. The highest BCUT2D eigenvalue weighted by Gasteiger charge is 2.19. The first-order valence-electron chi connectivity index (χ1n) is 18.7. The number of hydrogen-bond acceptors (Lipinski definition) is 2. The number of hydrogen-bond donors (Lipinski definition) is 0. The second-order valence-corrected chi connectivity index (χ2v) is 14.3. The largest absolute Gasteiger partial charge is 0.309 e. The molecule has 5 aromatic heterocycles. The molecule has 256 valence electrons. The van der Waals surface area contributed by atoms with Crippen LogP contribution in [-0.4, -0.2) is 23.5 Å². The Bertz CT molecular complexity index is 3250. The summed E-state index contributed by atoms with van der Waals surface area (Å²) in [7, 11) is 0.